The van der Waals surface area contributed by atoms with E-state index in [4.69, 9.17) is 13.0 Å². The lowest BCUT2D eigenvalue weighted by Crippen LogP contribution is -2.52. The molecule has 2 saturated heterocycles. The van der Waals surface area contributed by atoms with Gasteiger partial charge in [0.2, 0.25) is 11.8 Å². The Balaban J connectivity index is 1.41. The molecule has 0 bridgehead atoms. The van der Waals surface area contributed by atoms with Crippen LogP contribution in [0.1, 0.15) is 61.9 Å². The monoisotopic (exact) mass is 500 g/mol. The summed E-state index contributed by atoms with van der Waals surface area (Å²) in [5, 5.41) is 4.48. The molecule has 8 nitrogen and oxygen atoms in total. The number of morpholine rings is 1. The fourth-order valence-corrected chi connectivity index (χ4v) is 4.90. The van der Waals surface area contributed by atoms with Crippen LogP contribution in [0.25, 0.3) is 0 Å². The van der Waals surface area contributed by atoms with Crippen molar-refractivity contribution in [2.75, 3.05) is 18.4 Å². The lowest BCUT2D eigenvalue weighted by atomic mass is 10.0. The van der Waals surface area contributed by atoms with E-state index in [1.54, 1.807) is 17.4 Å². The highest BCUT2D eigenvalue weighted by Gasteiger charge is 2.39. The number of piperidine rings is 1. The molecule has 3 amide bonds. The number of anilines is 1. The standard InChI is InChI=1S/C27H31FN4O4/c1-16-12-31(13-17(2)36-16)14-19-6-3-5-18(25(19)28)11-29-22-8-4-7-20-21(22)15-32(27(20)35)23-9-10-24(33)30-26(23)34/h3-8,16-17,23,29H,9-15H2,1-2H3,(H,30,33,34)/i9D2,10D2,11D2. The summed E-state index contributed by atoms with van der Waals surface area (Å²) in [7, 11) is 0. The number of carbonyl (C=O) groups is 3. The number of hydrogen-bond acceptors (Lipinski definition) is 6. The van der Waals surface area contributed by atoms with Crippen molar-refractivity contribution in [1.82, 2.24) is 15.1 Å². The number of rotatable bonds is 6. The Morgan fingerprint density at radius 3 is 2.64 bits per heavy atom. The maximum Gasteiger partial charge on any atom is 0.255 e. The van der Waals surface area contributed by atoms with Crippen molar-refractivity contribution in [1.29, 1.82) is 0 Å². The van der Waals surface area contributed by atoms with Crippen LogP contribution in [-0.2, 0) is 33.9 Å². The van der Waals surface area contributed by atoms with Crippen LogP contribution in [0.2, 0.25) is 0 Å². The van der Waals surface area contributed by atoms with Gasteiger partial charge in [-0.25, -0.2) is 4.39 Å². The minimum Gasteiger partial charge on any atom is -0.381 e. The van der Waals surface area contributed by atoms with Gasteiger partial charge in [0.25, 0.3) is 5.91 Å². The molecule has 3 unspecified atom stereocenters. The number of ether oxygens (including phenoxy) is 1. The summed E-state index contributed by atoms with van der Waals surface area (Å²) in [5.74, 6) is -4.10. The van der Waals surface area contributed by atoms with Gasteiger partial charge in [0.15, 0.2) is 0 Å². The lowest BCUT2D eigenvalue weighted by molar-refractivity contribution is -0.136. The van der Waals surface area contributed by atoms with E-state index >= 15 is 4.39 Å². The van der Waals surface area contributed by atoms with E-state index < -0.39 is 48.8 Å². The first kappa shape index (κ1) is 18.0. The predicted molar refractivity (Wildman–Crippen MR) is 131 cm³/mol. The second-order valence-corrected chi connectivity index (χ2v) is 9.24. The van der Waals surface area contributed by atoms with Crippen molar-refractivity contribution in [3.8, 4) is 0 Å². The first-order valence-corrected chi connectivity index (χ1v) is 11.8. The first-order chi connectivity index (χ1) is 19.5. The molecule has 9 heteroatoms. The molecule has 5 rings (SSSR count). The maximum absolute atomic E-state index is 15.7. The van der Waals surface area contributed by atoms with Gasteiger partial charge in [0.1, 0.15) is 11.9 Å². The SMILES string of the molecule is [2H]C([2H])(Nc1cccc2c1CN(C1C(=O)NC(=O)C([2H])([2H])C1([2H])[2H])C2=O)c1cccc(CN2CC(C)OC(C)C2)c1F. The third kappa shape index (κ3) is 4.85. The van der Waals surface area contributed by atoms with Crippen LogP contribution >= 0.6 is 0 Å². The molecule has 0 radical (unpaired) electrons. The van der Waals surface area contributed by atoms with Gasteiger partial charge in [-0.15, -0.1) is 0 Å². The Morgan fingerprint density at radius 2 is 1.86 bits per heavy atom. The van der Waals surface area contributed by atoms with Crippen molar-refractivity contribution in [2.45, 2.75) is 64.4 Å². The van der Waals surface area contributed by atoms with Crippen LogP contribution in [0.15, 0.2) is 36.4 Å². The molecule has 3 atom stereocenters. The topological polar surface area (TPSA) is 91.0 Å². The highest BCUT2D eigenvalue weighted by atomic mass is 19.1. The zero-order valence-corrected chi connectivity index (χ0v) is 19.9. The molecule has 36 heavy (non-hydrogen) atoms. The number of halogens is 1. The largest absolute Gasteiger partial charge is 0.381 e. The molecule has 0 aliphatic carbocycles. The summed E-state index contributed by atoms with van der Waals surface area (Å²) in [6, 6.07) is 6.89. The van der Waals surface area contributed by atoms with Crippen LogP contribution < -0.4 is 10.6 Å². The van der Waals surface area contributed by atoms with E-state index in [0.717, 1.165) is 4.90 Å². The third-order valence-corrected chi connectivity index (χ3v) is 6.41. The summed E-state index contributed by atoms with van der Waals surface area (Å²) in [6.07, 6.45) is -6.19. The molecule has 3 aliphatic heterocycles. The number of fused-ring (bicyclic) bond motifs is 1. The minimum atomic E-state index is -3.10. The zero-order valence-electron chi connectivity index (χ0n) is 25.9. The van der Waals surface area contributed by atoms with Crippen molar-refractivity contribution in [3.63, 3.8) is 0 Å². The summed E-state index contributed by atoms with van der Waals surface area (Å²) < 4.78 is 71.3. The highest BCUT2D eigenvalue weighted by Crippen LogP contribution is 2.32. The van der Waals surface area contributed by atoms with Gasteiger partial charge in [-0.05, 0) is 32.4 Å². The normalized spacial score (nSPS) is 30.2. The zero-order chi connectivity index (χ0) is 30.8. The van der Waals surface area contributed by atoms with Crippen LogP contribution in [0.5, 0.6) is 0 Å². The fraction of sp³-hybridized carbons (Fsp3) is 0.444. The Kier molecular flexibility index (Phi) is 5.00. The Labute approximate surface area is 218 Å². The number of nitrogens with zero attached hydrogens (tertiary/aromatic N) is 2. The van der Waals surface area contributed by atoms with Crippen LogP contribution in [0.3, 0.4) is 0 Å². The number of imide groups is 1. The summed E-state index contributed by atoms with van der Waals surface area (Å²) in [6.45, 7) is 2.53. The maximum atomic E-state index is 15.7. The van der Waals surface area contributed by atoms with Gasteiger partial charge in [-0.2, -0.15) is 0 Å². The van der Waals surface area contributed by atoms with Gasteiger partial charge in [-0.3, -0.25) is 24.6 Å². The number of nitrogens with one attached hydrogen (secondary N) is 2. The van der Waals surface area contributed by atoms with Crippen LogP contribution in [0.4, 0.5) is 10.1 Å². The van der Waals surface area contributed by atoms with Crippen molar-refractivity contribution in [2.24, 2.45) is 0 Å². The number of benzene rings is 2. The molecule has 0 aromatic heterocycles. The number of carbonyl (C=O) groups excluding carboxylic acids is 3. The van der Waals surface area contributed by atoms with Gasteiger partial charge in [-0.1, -0.05) is 24.3 Å². The third-order valence-electron chi connectivity index (χ3n) is 6.41. The summed E-state index contributed by atoms with van der Waals surface area (Å²) in [5.41, 5.74) is 0.447. The number of hydrogen-bond donors (Lipinski definition) is 2. The van der Waals surface area contributed by atoms with Gasteiger partial charge in [0.05, 0.1) is 14.9 Å². The first-order valence-electron chi connectivity index (χ1n) is 14.8. The molecule has 2 aromatic rings. The molecule has 190 valence electrons. The van der Waals surface area contributed by atoms with Crippen LogP contribution in [-0.4, -0.2) is 58.9 Å². The van der Waals surface area contributed by atoms with Crippen molar-refractivity contribution >= 4 is 23.4 Å². The quantitative estimate of drug-likeness (QED) is 0.593. The fourth-order valence-electron chi connectivity index (χ4n) is 4.90. The summed E-state index contributed by atoms with van der Waals surface area (Å²) >= 11 is 0. The average molecular weight is 501 g/mol. The molecule has 2 N–H and O–H groups in total. The van der Waals surface area contributed by atoms with Crippen LogP contribution in [0, 0.1) is 5.82 Å². The predicted octanol–water partition coefficient (Wildman–Crippen LogP) is 2.81. The van der Waals surface area contributed by atoms with Gasteiger partial charge < -0.3 is 15.0 Å². The van der Waals surface area contributed by atoms with E-state index in [9.17, 15) is 14.4 Å². The Hall–Kier alpha value is -3.30. The lowest BCUT2D eigenvalue weighted by Gasteiger charge is -2.35. The number of amides is 3. The summed E-state index contributed by atoms with van der Waals surface area (Å²) in [4.78, 5) is 40.9. The van der Waals surface area contributed by atoms with Crippen molar-refractivity contribution < 1.29 is 31.7 Å². The average Bonchev–Trinajstić information content (AvgIpc) is 3.20. The molecule has 2 fully saturated rings. The van der Waals surface area contributed by atoms with Crippen molar-refractivity contribution in [3.05, 3.63) is 64.5 Å². The molecule has 0 spiro atoms. The van der Waals surface area contributed by atoms with E-state index in [1.165, 1.54) is 24.3 Å². The van der Waals surface area contributed by atoms with E-state index in [1.807, 2.05) is 18.7 Å². The molecule has 2 aromatic carbocycles. The second kappa shape index (κ2) is 9.99. The van der Waals surface area contributed by atoms with Gasteiger partial charge >= 0.3 is 0 Å². The second-order valence-electron chi connectivity index (χ2n) is 9.24. The molecule has 3 heterocycles. The molecular weight excluding hydrogens is 463 g/mol. The molecule has 3 aliphatic rings. The van der Waals surface area contributed by atoms with E-state index in [2.05, 4.69) is 5.32 Å². The van der Waals surface area contributed by atoms with E-state index in [-0.39, 0.29) is 47.7 Å². The van der Waals surface area contributed by atoms with E-state index in [0.29, 0.717) is 18.7 Å². The minimum absolute atomic E-state index is 0.0235. The molecular formula is C27H31FN4O4. The smallest absolute Gasteiger partial charge is 0.255 e. The Morgan fingerprint density at radius 1 is 1.14 bits per heavy atom. The van der Waals surface area contributed by atoms with Gasteiger partial charge in [0, 0.05) is 72.5 Å². The Bertz CT molecular complexity index is 1450. The molecule has 0 saturated carbocycles. The highest BCUT2D eigenvalue weighted by molar-refractivity contribution is 6.06.